The van der Waals surface area contributed by atoms with E-state index in [9.17, 15) is 0 Å². The first-order valence-electron chi connectivity index (χ1n) is 3.62. The van der Waals surface area contributed by atoms with Crippen LogP contribution in [0.1, 0.15) is 0 Å². The second-order valence-electron chi connectivity index (χ2n) is 2.11. The molecule has 1 aromatic heterocycles. The molecule has 0 saturated heterocycles. The summed E-state index contributed by atoms with van der Waals surface area (Å²) in [6.07, 6.45) is 1.85. The highest BCUT2D eigenvalue weighted by atomic mass is 32.2. The summed E-state index contributed by atoms with van der Waals surface area (Å²) in [7, 11) is 1.82. The summed E-state index contributed by atoms with van der Waals surface area (Å²) in [5, 5.41) is 11.8. The quantitative estimate of drug-likeness (QED) is 0.567. The third-order valence-electron chi connectivity index (χ3n) is 1.25. The molecule has 12 heavy (non-hydrogen) atoms. The van der Waals surface area contributed by atoms with Crippen LogP contribution in [0.25, 0.3) is 0 Å². The monoisotopic (exact) mass is 181 g/mol. The number of rotatable bonds is 4. The van der Waals surface area contributed by atoms with Crippen LogP contribution in [0.2, 0.25) is 0 Å². The zero-order valence-corrected chi connectivity index (χ0v) is 7.77. The van der Waals surface area contributed by atoms with Gasteiger partial charge >= 0.3 is 0 Å². The summed E-state index contributed by atoms with van der Waals surface area (Å²) in [6, 6.07) is 3.84. The zero-order valence-electron chi connectivity index (χ0n) is 6.95. The second-order valence-corrected chi connectivity index (χ2v) is 3.15. The summed E-state index contributed by atoms with van der Waals surface area (Å²) >= 11 is 1.62. The predicted octanol–water partition coefficient (Wildman–Crippen LogP) is 1.80. The lowest BCUT2D eigenvalue weighted by atomic mass is 10.5. The molecule has 0 unspecified atom stereocenters. The number of hydrogen-bond acceptors (Lipinski definition) is 4. The molecule has 3 nitrogen and oxygen atoms in total. The normalized spacial score (nSPS) is 9.42. The van der Waals surface area contributed by atoms with Crippen LogP contribution in [0.5, 0.6) is 0 Å². The molecule has 1 rings (SSSR count). The van der Waals surface area contributed by atoms with Crippen molar-refractivity contribution in [1.29, 1.82) is 0 Å². The van der Waals surface area contributed by atoms with Gasteiger partial charge in [-0.05, 0) is 12.1 Å². The Morgan fingerprint density at radius 1 is 1.58 bits per heavy atom. The lowest BCUT2D eigenvalue weighted by Gasteiger charge is -1.98. The summed E-state index contributed by atoms with van der Waals surface area (Å²) in [5.41, 5.74) is 0. The Morgan fingerprint density at radius 3 is 2.92 bits per heavy atom. The van der Waals surface area contributed by atoms with E-state index in [0.29, 0.717) is 0 Å². The molecule has 0 aliphatic carbocycles. The van der Waals surface area contributed by atoms with Crippen LogP contribution >= 0.6 is 11.8 Å². The Hall–Kier alpha value is -1.03. The number of nitrogens with zero attached hydrogens (tertiary/aromatic N) is 2. The minimum Gasteiger partial charge on any atom is -0.372 e. The van der Waals surface area contributed by atoms with Gasteiger partial charge in [0.1, 0.15) is 10.8 Å². The lowest BCUT2D eigenvalue weighted by Crippen LogP contribution is -1.94. The van der Waals surface area contributed by atoms with Gasteiger partial charge in [0.2, 0.25) is 0 Å². The van der Waals surface area contributed by atoms with E-state index in [1.165, 1.54) is 0 Å². The van der Waals surface area contributed by atoms with E-state index in [-0.39, 0.29) is 0 Å². The van der Waals surface area contributed by atoms with Crippen molar-refractivity contribution < 1.29 is 0 Å². The van der Waals surface area contributed by atoms with Gasteiger partial charge in [0, 0.05) is 12.8 Å². The SMILES string of the molecule is C=CCSc1ccc(NC)nn1. The molecule has 4 heteroatoms. The van der Waals surface area contributed by atoms with Crippen LogP contribution in [-0.4, -0.2) is 23.0 Å². The van der Waals surface area contributed by atoms with Gasteiger partial charge in [0.15, 0.2) is 0 Å². The minimum atomic E-state index is 0.790. The number of anilines is 1. The van der Waals surface area contributed by atoms with Crippen molar-refractivity contribution in [2.24, 2.45) is 0 Å². The highest BCUT2D eigenvalue weighted by Gasteiger charge is 1.94. The number of aromatic nitrogens is 2. The highest BCUT2D eigenvalue weighted by molar-refractivity contribution is 7.99. The van der Waals surface area contributed by atoms with E-state index in [1.807, 2.05) is 25.3 Å². The topological polar surface area (TPSA) is 37.8 Å². The first-order valence-corrected chi connectivity index (χ1v) is 4.60. The largest absolute Gasteiger partial charge is 0.372 e. The van der Waals surface area contributed by atoms with E-state index >= 15 is 0 Å². The summed E-state index contributed by atoms with van der Waals surface area (Å²) in [5.74, 6) is 1.66. The average molecular weight is 181 g/mol. The fourth-order valence-electron chi connectivity index (χ4n) is 0.675. The van der Waals surface area contributed by atoms with E-state index in [0.717, 1.165) is 16.6 Å². The van der Waals surface area contributed by atoms with E-state index < -0.39 is 0 Å². The molecule has 64 valence electrons. The van der Waals surface area contributed by atoms with Gasteiger partial charge in [0.25, 0.3) is 0 Å². The zero-order chi connectivity index (χ0) is 8.81. The minimum absolute atomic E-state index is 0.790. The van der Waals surface area contributed by atoms with Gasteiger partial charge in [-0.2, -0.15) is 0 Å². The molecular formula is C8H11N3S. The number of hydrogen-bond donors (Lipinski definition) is 1. The molecule has 0 atom stereocenters. The average Bonchev–Trinajstić information content (AvgIpc) is 2.15. The Kier molecular flexibility index (Phi) is 3.60. The molecule has 0 radical (unpaired) electrons. The maximum Gasteiger partial charge on any atom is 0.148 e. The Labute approximate surface area is 76.3 Å². The molecular weight excluding hydrogens is 170 g/mol. The van der Waals surface area contributed by atoms with E-state index in [4.69, 9.17) is 0 Å². The van der Waals surface area contributed by atoms with Crippen LogP contribution in [0.3, 0.4) is 0 Å². The van der Waals surface area contributed by atoms with Crippen LogP contribution in [0.15, 0.2) is 29.8 Å². The van der Waals surface area contributed by atoms with Crippen molar-refractivity contribution >= 4 is 17.6 Å². The molecule has 0 bridgehead atoms. The maximum absolute atomic E-state index is 3.99. The molecule has 0 spiro atoms. The van der Waals surface area contributed by atoms with Gasteiger partial charge in [-0.25, -0.2) is 0 Å². The van der Waals surface area contributed by atoms with Crippen LogP contribution < -0.4 is 5.32 Å². The predicted molar refractivity (Wildman–Crippen MR) is 52.5 cm³/mol. The second kappa shape index (κ2) is 4.77. The number of nitrogens with one attached hydrogen (secondary N) is 1. The molecule has 0 aliphatic heterocycles. The summed E-state index contributed by atoms with van der Waals surface area (Å²) in [4.78, 5) is 0. The molecule has 0 fully saturated rings. The fourth-order valence-corrected chi connectivity index (χ4v) is 1.23. The van der Waals surface area contributed by atoms with Crippen molar-refractivity contribution in [3.8, 4) is 0 Å². The Morgan fingerprint density at radius 2 is 2.42 bits per heavy atom. The molecule has 0 saturated carbocycles. The fraction of sp³-hybridized carbons (Fsp3) is 0.250. The molecule has 1 aromatic rings. The van der Waals surface area contributed by atoms with Gasteiger partial charge in [-0.3, -0.25) is 0 Å². The van der Waals surface area contributed by atoms with Gasteiger partial charge in [-0.1, -0.05) is 6.08 Å². The molecule has 0 aliphatic rings. The highest BCUT2D eigenvalue weighted by Crippen LogP contribution is 2.14. The third-order valence-corrected chi connectivity index (χ3v) is 2.16. The first kappa shape index (κ1) is 9.06. The summed E-state index contributed by atoms with van der Waals surface area (Å²) in [6.45, 7) is 3.63. The lowest BCUT2D eigenvalue weighted by molar-refractivity contribution is 0.933. The van der Waals surface area contributed by atoms with Crippen LogP contribution in [0.4, 0.5) is 5.82 Å². The van der Waals surface area contributed by atoms with Crippen molar-refractivity contribution in [3.63, 3.8) is 0 Å². The van der Waals surface area contributed by atoms with E-state index in [2.05, 4.69) is 22.1 Å². The Bertz CT molecular complexity index is 245. The third kappa shape index (κ3) is 2.54. The van der Waals surface area contributed by atoms with Gasteiger partial charge in [0.05, 0.1) is 0 Å². The van der Waals surface area contributed by atoms with Crippen molar-refractivity contribution in [3.05, 3.63) is 24.8 Å². The van der Waals surface area contributed by atoms with Crippen LogP contribution in [0, 0.1) is 0 Å². The Balaban J connectivity index is 2.58. The van der Waals surface area contributed by atoms with Crippen molar-refractivity contribution in [1.82, 2.24) is 10.2 Å². The molecule has 1 N–H and O–H groups in total. The number of thioether (sulfide) groups is 1. The van der Waals surface area contributed by atoms with E-state index in [1.54, 1.807) is 11.8 Å². The van der Waals surface area contributed by atoms with Crippen molar-refractivity contribution in [2.45, 2.75) is 5.03 Å². The first-order chi connectivity index (χ1) is 5.86. The van der Waals surface area contributed by atoms with Crippen molar-refractivity contribution in [2.75, 3.05) is 18.1 Å². The molecule has 0 amide bonds. The van der Waals surface area contributed by atoms with Gasteiger partial charge in [-0.15, -0.1) is 28.5 Å². The molecule has 1 heterocycles. The standard InChI is InChI=1S/C8H11N3S/c1-3-6-12-8-5-4-7(9-2)10-11-8/h3-5H,1,6H2,2H3,(H,9,10). The van der Waals surface area contributed by atoms with Gasteiger partial charge < -0.3 is 5.32 Å². The maximum atomic E-state index is 3.99. The van der Waals surface area contributed by atoms with Crippen LogP contribution in [-0.2, 0) is 0 Å². The summed E-state index contributed by atoms with van der Waals surface area (Å²) < 4.78 is 0. The smallest absolute Gasteiger partial charge is 0.148 e. The molecule has 0 aromatic carbocycles.